The van der Waals surface area contributed by atoms with Gasteiger partial charge >= 0.3 is 0 Å². The molecule has 0 bridgehead atoms. The highest BCUT2D eigenvalue weighted by Crippen LogP contribution is 2.18. The fraction of sp³-hybridized carbons (Fsp3) is 0.556. The van der Waals surface area contributed by atoms with Crippen molar-refractivity contribution in [2.24, 2.45) is 0 Å². The van der Waals surface area contributed by atoms with Crippen molar-refractivity contribution < 1.29 is 9.84 Å². The third-order valence-electron chi connectivity index (χ3n) is 2.43. The van der Waals surface area contributed by atoms with E-state index in [9.17, 15) is 5.11 Å². The summed E-state index contributed by atoms with van der Waals surface area (Å²) in [5.41, 5.74) is 0. The third-order valence-corrected chi connectivity index (χ3v) is 2.99. The van der Waals surface area contributed by atoms with Crippen LogP contribution in [0.15, 0.2) is 12.4 Å². The number of aromatic nitrogens is 2. The summed E-state index contributed by atoms with van der Waals surface area (Å²) in [5.74, 6) is 0.647. The summed E-state index contributed by atoms with van der Waals surface area (Å²) in [6, 6.07) is 0. The van der Waals surface area contributed by atoms with E-state index in [1.54, 1.807) is 19.5 Å². The molecular weight excluding hydrogens is 309 g/mol. The van der Waals surface area contributed by atoms with Crippen LogP contribution in [0.3, 0.4) is 0 Å². The Morgan fingerprint density at radius 1 is 1.47 bits per heavy atom. The van der Waals surface area contributed by atoms with Gasteiger partial charge in [-0.1, -0.05) is 0 Å². The minimum absolute atomic E-state index is 0.145. The zero-order valence-electron chi connectivity index (χ0n) is 8.30. The largest absolute Gasteiger partial charge is 0.388 e. The minimum Gasteiger partial charge on any atom is -0.388 e. The Morgan fingerprint density at radius 3 is 2.67 bits per heavy atom. The van der Waals surface area contributed by atoms with Gasteiger partial charge in [0, 0.05) is 36.2 Å². The third kappa shape index (κ3) is 2.37. The van der Waals surface area contributed by atoms with Gasteiger partial charge in [-0.05, 0) is 22.6 Å². The SMILES string of the molecule is CO[C@@H]1CN(c2ncc(I)cn2)C[C@H]1O. The number of aliphatic hydroxyl groups excluding tert-OH is 1. The maximum atomic E-state index is 9.65. The lowest BCUT2D eigenvalue weighted by atomic mass is 10.3. The van der Waals surface area contributed by atoms with Crippen molar-refractivity contribution in [3.8, 4) is 0 Å². The molecule has 1 aromatic heterocycles. The van der Waals surface area contributed by atoms with Gasteiger partial charge in [0.2, 0.25) is 5.95 Å². The Bertz CT molecular complexity index is 333. The van der Waals surface area contributed by atoms with Gasteiger partial charge in [-0.25, -0.2) is 9.97 Å². The number of methoxy groups -OCH3 is 1. The molecular formula is C9H12IN3O2. The van der Waals surface area contributed by atoms with E-state index in [-0.39, 0.29) is 6.10 Å². The molecule has 1 fully saturated rings. The van der Waals surface area contributed by atoms with Gasteiger partial charge in [-0.3, -0.25) is 0 Å². The Hall–Kier alpha value is -0.470. The van der Waals surface area contributed by atoms with Crippen LogP contribution in [0.4, 0.5) is 5.95 Å². The van der Waals surface area contributed by atoms with Crippen molar-refractivity contribution >= 4 is 28.5 Å². The van der Waals surface area contributed by atoms with E-state index >= 15 is 0 Å². The fourth-order valence-corrected chi connectivity index (χ4v) is 1.90. The number of β-amino-alcohol motifs (C(OH)–C–C–N with tert-alkyl or cyclic N) is 1. The molecule has 1 N–H and O–H groups in total. The number of halogens is 1. The van der Waals surface area contributed by atoms with Gasteiger partial charge in [0.25, 0.3) is 0 Å². The number of hydrogen-bond acceptors (Lipinski definition) is 5. The van der Waals surface area contributed by atoms with Crippen molar-refractivity contribution in [3.63, 3.8) is 0 Å². The first-order chi connectivity index (χ1) is 7.20. The highest BCUT2D eigenvalue weighted by Gasteiger charge is 2.32. The summed E-state index contributed by atoms with van der Waals surface area (Å²) in [4.78, 5) is 10.3. The number of rotatable bonds is 2. The van der Waals surface area contributed by atoms with Crippen molar-refractivity contribution in [3.05, 3.63) is 16.0 Å². The van der Waals surface area contributed by atoms with Crippen LogP contribution in [-0.2, 0) is 4.74 Å². The van der Waals surface area contributed by atoms with Crippen LogP contribution >= 0.6 is 22.6 Å². The van der Waals surface area contributed by atoms with E-state index in [0.717, 1.165) is 3.57 Å². The number of hydrogen-bond donors (Lipinski definition) is 1. The number of nitrogens with zero attached hydrogens (tertiary/aromatic N) is 3. The molecule has 1 saturated heterocycles. The smallest absolute Gasteiger partial charge is 0.225 e. The van der Waals surface area contributed by atoms with Gasteiger partial charge in [-0.2, -0.15) is 0 Å². The second kappa shape index (κ2) is 4.58. The molecule has 15 heavy (non-hydrogen) atoms. The molecule has 0 amide bonds. The molecule has 2 rings (SSSR count). The normalized spacial score (nSPS) is 25.9. The molecule has 0 radical (unpaired) electrons. The van der Waals surface area contributed by atoms with E-state index in [2.05, 4.69) is 32.6 Å². The molecule has 0 aliphatic carbocycles. The summed E-state index contributed by atoms with van der Waals surface area (Å²) in [6.07, 6.45) is 2.91. The van der Waals surface area contributed by atoms with E-state index in [1.165, 1.54) is 0 Å². The van der Waals surface area contributed by atoms with Crippen LogP contribution in [0, 0.1) is 3.57 Å². The maximum Gasteiger partial charge on any atom is 0.225 e. The summed E-state index contributed by atoms with van der Waals surface area (Å²) in [6.45, 7) is 1.16. The summed E-state index contributed by atoms with van der Waals surface area (Å²) in [5, 5.41) is 9.65. The first-order valence-electron chi connectivity index (χ1n) is 4.64. The molecule has 1 aromatic rings. The van der Waals surface area contributed by atoms with Crippen LogP contribution < -0.4 is 4.90 Å². The van der Waals surface area contributed by atoms with Gasteiger partial charge < -0.3 is 14.7 Å². The molecule has 6 heteroatoms. The minimum atomic E-state index is -0.460. The van der Waals surface area contributed by atoms with Gasteiger partial charge in [-0.15, -0.1) is 0 Å². The van der Waals surface area contributed by atoms with Gasteiger partial charge in [0.15, 0.2) is 0 Å². The second-order valence-corrected chi connectivity index (χ2v) is 4.69. The van der Waals surface area contributed by atoms with Crippen LogP contribution in [0.1, 0.15) is 0 Å². The van der Waals surface area contributed by atoms with Gasteiger partial charge in [0.05, 0.1) is 6.10 Å². The van der Waals surface area contributed by atoms with Crippen LogP contribution in [0.25, 0.3) is 0 Å². The monoisotopic (exact) mass is 321 g/mol. The highest BCUT2D eigenvalue weighted by atomic mass is 127. The molecule has 2 atom stereocenters. The number of ether oxygens (including phenoxy) is 1. The zero-order valence-corrected chi connectivity index (χ0v) is 10.5. The molecule has 0 saturated carbocycles. The Balaban J connectivity index is 2.10. The van der Waals surface area contributed by atoms with Crippen molar-refractivity contribution in [2.45, 2.75) is 12.2 Å². The Labute approximate surface area is 102 Å². The molecule has 0 unspecified atom stereocenters. The average molecular weight is 321 g/mol. The average Bonchev–Trinajstić information content (AvgIpc) is 2.61. The number of aliphatic hydroxyl groups is 1. The lowest BCUT2D eigenvalue weighted by Crippen LogP contribution is -2.25. The molecule has 2 heterocycles. The van der Waals surface area contributed by atoms with Crippen LogP contribution in [0.5, 0.6) is 0 Å². The van der Waals surface area contributed by atoms with E-state index in [0.29, 0.717) is 19.0 Å². The zero-order chi connectivity index (χ0) is 10.8. The predicted molar refractivity (Wildman–Crippen MR) is 63.8 cm³/mol. The second-order valence-electron chi connectivity index (χ2n) is 3.45. The van der Waals surface area contributed by atoms with Crippen molar-refractivity contribution in [2.75, 3.05) is 25.1 Å². The van der Waals surface area contributed by atoms with E-state index < -0.39 is 6.10 Å². The lowest BCUT2D eigenvalue weighted by molar-refractivity contribution is 0.0217. The first-order valence-corrected chi connectivity index (χ1v) is 5.72. The summed E-state index contributed by atoms with van der Waals surface area (Å²) < 4.78 is 6.15. The van der Waals surface area contributed by atoms with Crippen LogP contribution in [0.2, 0.25) is 0 Å². The quantitative estimate of drug-likeness (QED) is 0.793. The topological polar surface area (TPSA) is 58.5 Å². The Morgan fingerprint density at radius 2 is 2.13 bits per heavy atom. The lowest BCUT2D eigenvalue weighted by Gasteiger charge is -2.14. The fourth-order valence-electron chi connectivity index (χ4n) is 1.62. The molecule has 5 nitrogen and oxygen atoms in total. The molecule has 1 aliphatic heterocycles. The summed E-state index contributed by atoms with van der Waals surface area (Å²) in [7, 11) is 1.60. The molecule has 0 spiro atoms. The molecule has 1 aliphatic rings. The number of anilines is 1. The molecule has 0 aromatic carbocycles. The predicted octanol–water partition coefficient (Wildman–Crippen LogP) is 0.277. The maximum absolute atomic E-state index is 9.65. The van der Waals surface area contributed by atoms with E-state index in [4.69, 9.17) is 4.74 Å². The van der Waals surface area contributed by atoms with Crippen molar-refractivity contribution in [1.29, 1.82) is 0 Å². The summed E-state index contributed by atoms with van der Waals surface area (Å²) >= 11 is 2.16. The molecule has 82 valence electrons. The van der Waals surface area contributed by atoms with Gasteiger partial charge in [0.1, 0.15) is 6.10 Å². The highest BCUT2D eigenvalue weighted by molar-refractivity contribution is 14.1. The first kappa shape index (κ1) is 11.0. The van der Waals surface area contributed by atoms with Crippen LogP contribution in [-0.4, -0.2) is 47.5 Å². The Kier molecular flexibility index (Phi) is 3.37. The van der Waals surface area contributed by atoms with Crippen molar-refractivity contribution in [1.82, 2.24) is 9.97 Å². The van der Waals surface area contributed by atoms with E-state index in [1.807, 2.05) is 4.90 Å². The standard InChI is InChI=1S/C9H12IN3O2/c1-15-8-5-13(4-7(8)14)9-11-2-6(10)3-12-9/h2-3,7-8,14H,4-5H2,1H3/t7-,8-/m1/s1.